The first-order chi connectivity index (χ1) is 17.9. The van der Waals surface area contributed by atoms with Gasteiger partial charge in [-0.3, -0.25) is 9.59 Å². The number of aliphatic carboxylic acids is 1. The number of hydrogen-bond acceptors (Lipinski definition) is 4. The molecule has 3 fully saturated rings. The number of Topliss-reactive ketones (excluding diaryl/α,β-unsaturated/α-hetero) is 1. The van der Waals surface area contributed by atoms with E-state index in [9.17, 15) is 9.59 Å². The molecule has 1 saturated heterocycles. The van der Waals surface area contributed by atoms with Crippen LogP contribution in [0.15, 0.2) is 29.6 Å². The number of nitrogens with one attached hydrogen (secondary N) is 1. The molecule has 38 heavy (non-hydrogen) atoms. The van der Waals surface area contributed by atoms with Crippen LogP contribution in [0.4, 0.5) is 0 Å². The SMILES string of the molecule is CCC(=O)O.CCCC1CC2OCC2C2CC3CCC(C)=C(C(C)C(=O)C12C)C3(C)C.Cc1nccc[nH+]1. The van der Waals surface area contributed by atoms with Crippen LogP contribution >= 0.6 is 0 Å². The summed E-state index contributed by atoms with van der Waals surface area (Å²) in [5, 5.41) is 7.72. The van der Waals surface area contributed by atoms with E-state index in [1.807, 2.05) is 19.2 Å². The molecule has 0 aromatic carbocycles. The van der Waals surface area contributed by atoms with Crippen LogP contribution in [0.1, 0.15) is 99.2 Å². The maximum atomic E-state index is 14.1. The summed E-state index contributed by atoms with van der Waals surface area (Å²) in [6, 6.07) is 1.85. The second-order valence-corrected chi connectivity index (χ2v) is 12.7. The van der Waals surface area contributed by atoms with Crippen LogP contribution in [-0.2, 0) is 14.3 Å². The molecule has 3 aliphatic carbocycles. The van der Waals surface area contributed by atoms with Crippen LogP contribution in [0, 0.1) is 47.3 Å². The van der Waals surface area contributed by atoms with Gasteiger partial charge >= 0.3 is 5.97 Å². The van der Waals surface area contributed by atoms with Gasteiger partial charge in [0.15, 0.2) is 0 Å². The minimum Gasteiger partial charge on any atom is -0.481 e. The van der Waals surface area contributed by atoms with E-state index in [4.69, 9.17) is 9.84 Å². The van der Waals surface area contributed by atoms with Crippen LogP contribution in [0.5, 0.6) is 0 Å². The molecule has 212 valence electrons. The fourth-order valence-corrected chi connectivity index (χ4v) is 8.11. The first-order valence-electron chi connectivity index (χ1n) is 14.8. The van der Waals surface area contributed by atoms with Crippen LogP contribution < -0.4 is 4.98 Å². The number of carboxylic acids is 1. The fourth-order valence-electron chi connectivity index (χ4n) is 8.11. The largest absolute Gasteiger partial charge is 0.481 e. The van der Waals surface area contributed by atoms with Crippen LogP contribution in [0.3, 0.4) is 0 Å². The summed E-state index contributed by atoms with van der Waals surface area (Å²) in [7, 11) is 0. The number of hydrogen-bond donors (Lipinski definition) is 1. The Morgan fingerprint density at radius 2 is 1.89 bits per heavy atom. The van der Waals surface area contributed by atoms with E-state index in [-0.39, 0.29) is 23.2 Å². The van der Waals surface area contributed by atoms with Crippen molar-refractivity contribution in [3.63, 3.8) is 0 Å². The topological polar surface area (TPSA) is 90.6 Å². The van der Waals surface area contributed by atoms with Crippen LogP contribution in [0.2, 0.25) is 0 Å². The summed E-state index contributed by atoms with van der Waals surface area (Å²) >= 11 is 0. The smallest absolute Gasteiger partial charge is 0.303 e. The van der Waals surface area contributed by atoms with E-state index >= 15 is 0 Å². The van der Waals surface area contributed by atoms with E-state index in [0.29, 0.717) is 35.6 Å². The van der Waals surface area contributed by atoms with Gasteiger partial charge in [0.2, 0.25) is 0 Å². The molecule has 2 heterocycles. The van der Waals surface area contributed by atoms with Crippen molar-refractivity contribution >= 4 is 11.8 Å². The molecule has 1 aromatic rings. The molecule has 0 spiro atoms. The minimum atomic E-state index is -0.745. The van der Waals surface area contributed by atoms with E-state index in [1.165, 1.54) is 43.3 Å². The number of carbonyl (C=O) groups excluding carboxylic acids is 1. The highest BCUT2D eigenvalue weighted by Crippen LogP contribution is 2.62. The average molecular weight is 528 g/mol. The Morgan fingerprint density at radius 3 is 2.37 bits per heavy atom. The molecule has 5 rings (SSSR count). The van der Waals surface area contributed by atoms with E-state index in [2.05, 4.69) is 51.5 Å². The lowest BCUT2D eigenvalue weighted by Gasteiger charge is -2.61. The summed E-state index contributed by atoms with van der Waals surface area (Å²) in [4.78, 5) is 30.3. The van der Waals surface area contributed by atoms with Gasteiger partial charge in [0, 0.05) is 36.7 Å². The predicted molar refractivity (Wildman–Crippen MR) is 149 cm³/mol. The maximum absolute atomic E-state index is 14.1. The monoisotopic (exact) mass is 527 g/mol. The molecule has 2 saturated carbocycles. The van der Waals surface area contributed by atoms with Crippen molar-refractivity contribution in [1.82, 2.24) is 4.98 Å². The van der Waals surface area contributed by atoms with Gasteiger partial charge in [-0.1, -0.05) is 64.1 Å². The number of rotatable bonds is 3. The minimum absolute atomic E-state index is 0.0810. The predicted octanol–water partition coefficient (Wildman–Crippen LogP) is 6.49. The van der Waals surface area contributed by atoms with Crippen molar-refractivity contribution in [2.24, 2.45) is 40.4 Å². The third-order valence-electron chi connectivity index (χ3n) is 10.3. The highest BCUT2D eigenvalue weighted by molar-refractivity contribution is 5.90. The van der Waals surface area contributed by atoms with Crippen molar-refractivity contribution in [2.75, 3.05) is 6.61 Å². The maximum Gasteiger partial charge on any atom is 0.303 e. The zero-order chi connectivity index (χ0) is 28.3. The van der Waals surface area contributed by atoms with Gasteiger partial charge in [0.25, 0.3) is 5.82 Å². The summed E-state index contributed by atoms with van der Waals surface area (Å²) in [6.45, 7) is 18.4. The molecular weight excluding hydrogens is 476 g/mol. The lowest BCUT2D eigenvalue weighted by molar-refractivity contribution is -0.392. The van der Waals surface area contributed by atoms with E-state index in [1.54, 1.807) is 13.1 Å². The van der Waals surface area contributed by atoms with Crippen molar-refractivity contribution < 1.29 is 24.4 Å². The Balaban J connectivity index is 0.000000276. The van der Waals surface area contributed by atoms with Crippen molar-refractivity contribution in [3.05, 3.63) is 35.4 Å². The first-order valence-corrected chi connectivity index (χ1v) is 14.8. The van der Waals surface area contributed by atoms with Gasteiger partial charge in [-0.2, -0.15) is 0 Å². The number of aromatic nitrogens is 2. The van der Waals surface area contributed by atoms with Gasteiger partial charge in [0.1, 0.15) is 12.0 Å². The zero-order valence-corrected chi connectivity index (χ0v) is 25.0. The lowest BCUT2D eigenvalue weighted by atomic mass is 9.45. The molecule has 1 aromatic heterocycles. The number of carbonyl (C=O) groups is 2. The summed E-state index contributed by atoms with van der Waals surface area (Å²) in [5.74, 6) is 3.18. The molecule has 1 aliphatic heterocycles. The van der Waals surface area contributed by atoms with Crippen molar-refractivity contribution in [2.45, 2.75) is 106 Å². The van der Waals surface area contributed by atoms with Crippen molar-refractivity contribution in [3.8, 4) is 0 Å². The van der Waals surface area contributed by atoms with Gasteiger partial charge in [-0.15, -0.1) is 0 Å². The first kappa shape index (κ1) is 30.5. The molecule has 6 heteroatoms. The Morgan fingerprint density at radius 1 is 1.21 bits per heavy atom. The standard InChI is InChI=1S/C24H38O2.C5H6N2.C3H6O2/c1-7-8-17-12-20-18(13-26-20)19-11-16-10-9-14(2)21(23(16,4)5)15(3)22(25)24(17,19)6;1-5-6-3-2-4-7-5;1-2-3(4)5/h15-20H,7-13H2,1-6H3;2-4H,1H3;2H2,1H3,(H,4,5)/p+1. The molecule has 2 N–H and O–H groups in total. The number of H-pyrrole nitrogens is 1. The third-order valence-corrected chi connectivity index (χ3v) is 10.3. The second kappa shape index (κ2) is 12.4. The number of ether oxygens (including phenoxy) is 1. The molecule has 6 nitrogen and oxygen atoms in total. The molecular formula is C32H51N2O4+. The fraction of sp³-hybridized carbons (Fsp3) is 0.750. The van der Waals surface area contributed by atoms with Crippen LogP contribution in [-0.4, -0.2) is 34.6 Å². The highest BCUT2D eigenvalue weighted by atomic mass is 16.5. The number of fused-ring (bicyclic) bond motifs is 5. The van der Waals surface area contributed by atoms with Gasteiger partial charge in [-0.05, 0) is 62.2 Å². The normalized spacial score (nSPS) is 35.0. The van der Waals surface area contributed by atoms with Gasteiger partial charge in [0.05, 0.1) is 18.9 Å². The van der Waals surface area contributed by atoms with Gasteiger partial charge in [-0.25, -0.2) is 4.98 Å². The van der Waals surface area contributed by atoms with Gasteiger partial charge < -0.3 is 9.84 Å². The number of nitrogens with zero attached hydrogens (tertiary/aromatic N) is 1. The Kier molecular flexibility index (Phi) is 9.94. The highest BCUT2D eigenvalue weighted by Gasteiger charge is 2.62. The number of allylic oxidation sites excluding steroid dienone is 2. The summed E-state index contributed by atoms with van der Waals surface area (Å²) < 4.78 is 5.99. The van der Waals surface area contributed by atoms with E-state index in [0.717, 1.165) is 18.9 Å². The number of aromatic amines is 1. The summed E-state index contributed by atoms with van der Waals surface area (Å²) in [6.07, 6.45) is 11.4. The summed E-state index contributed by atoms with van der Waals surface area (Å²) in [5.41, 5.74) is 3.00. The molecule has 4 aliphatic rings. The zero-order valence-electron chi connectivity index (χ0n) is 25.0. The molecule has 0 amide bonds. The van der Waals surface area contributed by atoms with Crippen molar-refractivity contribution in [1.29, 1.82) is 0 Å². The molecule has 7 atom stereocenters. The molecule has 7 unspecified atom stereocenters. The Hall–Kier alpha value is -2.08. The number of carboxylic acid groups (broad SMARTS) is 1. The third kappa shape index (κ3) is 5.90. The molecule has 2 bridgehead atoms. The Labute approximate surface area is 230 Å². The molecule has 0 radical (unpaired) electrons. The average Bonchev–Trinajstić information content (AvgIpc) is 2.85. The quantitative estimate of drug-likeness (QED) is 0.454. The van der Waals surface area contributed by atoms with Crippen LogP contribution in [0.25, 0.3) is 0 Å². The lowest BCUT2D eigenvalue weighted by Crippen LogP contribution is -2.62. The Bertz CT molecular complexity index is 1000. The number of aryl methyl sites for hydroxylation is 1. The second-order valence-electron chi connectivity index (χ2n) is 12.7. The van der Waals surface area contributed by atoms with E-state index < -0.39 is 5.97 Å². The number of ketones is 1.